The number of carbonyl (C=O) groups is 1. The van der Waals surface area contributed by atoms with E-state index in [0.29, 0.717) is 11.3 Å². The van der Waals surface area contributed by atoms with E-state index >= 15 is 0 Å². The van der Waals surface area contributed by atoms with Gasteiger partial charge in [-0.25, -0.2) is 9.37 Å². The van der Waals surface area contributed by atoms with Gasteiger partial charge in [-0.1, -0.05) is 12.1 Å². The summed E-state index contributed by atoms with van der Waals surface area (Å²) in [7, 11) is 0. The van der Waals surface area contributed by atoms with Gasteiger partial charge in [-0.2, -0.15) is 13.2 Å². The van der Waals surface area contributed by atoms with Gasteiger partial charge in [0.05, 0.1) is 18.1 Å². The van der Waals surface area contributed by atoms with Gasteiger partial charge in [0, 0.05) is 12.2 Å². The molecule has 0 saturated heterocycles. The summed E-state index contributed by atoms with van der Waals surface area (Å²) in [5.41, 5.74) is 0.563. The van der Waals surface area contributed by atoms with E-state index in [1.54, 1.807) is 0 Å². The molecule has 1 amide bonds. The van der Waals surface area contributed by atoms with Gasteiger partial charge in [0.1, 0.15) is 11.5 Å². The third kappa shape index (κ3) is 3.90. The van der Waals surface area contributed by atoms with E-state index in [4.69, 9.17) is 0 Å². The molecule has 1 N–H and O–H groups in total. The van der Waals surface area contributed by atoms with Crippen molar-refractivity contribution in [3.05, 3.63) is 83.7 Å². The van der Waals surface area contributed by atoms with Crippen LogP contribution in [0.4, 0.5) is 17.6 Å². The minimum Gasteiger partial charge on any atom is -0.347 e. The molecule has 2 aromatic carbocycles. The Hall–Kier alpha value is -3.16. The molecule has 8 heteroatoms. The lowest BCUT2D eigenvalue weighted by Crippen LogP contribution is -2.25. The van der Waals surface area contributed by atoms with Gasteiger partial charge in [0.25, 0.3) is 5.91 Å². The van der Waals surface area contributed by atoms with Gasteiger partial charge in [-0.15, -0.1) is 0 Å². The molecule has 0 fully saturated rings. The molecule has 0 saturated carbocycles. The molecule has 0 aliphatic rings. The fraction of sp³-hybridized carbons (Fsp3) is 0.111. The highest BCUT2D eigenvalue weighted by Gasteiger charge is 2.29. The van der Waals surface area contributed by atoms with Gasteiger partial charge in [0.2, 0.25) is 0 Å². The number of hydrogen-bond donors (Lipinski definition) is 1. The maximum atomic E-state index is 13.0. The Labute approximate surface area is 146 Å². The van der Waals surface area contributed by atoms with Crippen LogP contribution >= 0.6 is 0 Å². The fourth-order valence-electron chi connectivity index (χ4n) is 2.35. The monoisotopic (exact) mass is 363 g/mol. The molecule has 134 valence electrons. The summed E-state index contributed by atoms with van der Waals surface area (Å²) in [5.74, 6) is -0.853. The van der Waals surface area contributed by atoms with Crippen molar-refractivity contribution in [2.45, 2.75) is 12.7 Å². The zero-order chi connectivity index (χ0) is 18.7. The van der Waals surface area contributed by atoms with E-state index < -0.39 is 23.5 Å². The van der Waals surface area contributed by atoms with Crippen LogP contribution in [0.15, 0.2) is 61.1 Å². The Bertz CT molecular complexity index is 899. The Morgan fingerprint density at radius 3 is 2.31 bits per heavy atom. The summed E-state index contributed by atoms with van der Waals surface area (Å²) >= 11 is 0. The molecule has 0 spiro atoms. The number of rotatable bonds is 4. The number of imidazole rings is 1. The van der Waals surface area contributed by atoms with Crippen molar-refractivity contribution < 1.29 is 22.4 Å². The Kier molecular flexibility index (Phi) is 4.75. The number of nitrogens with zero attached hydrogens (tertiary/aromatic N) is 2. The quantitative estimate of drug-likeness (QED) is 0.714. The SMILES string of the molecule is O=C(NCc1ccc(C(F)(F)F)cc1)c1cncn1-c1ccc(F)cc1. The van der Waals surface area contributed by atoms with Crippen LogP contribution in [0.25, 0.3) is 5.69 Å². The van der Waals surface area contributed by atoms with Crippen molar-refractivity contribution in [2.75, 3.05) is 0 Å². The minimum absolute atomic E-state index is 0.0611. The first-order chi connectivity index (χ1) is 12.3. The zero-order valence-corrected chi connectivity index (χ0v) is 13.3. The molecule has 4 nitrogen and oxygen atoms in total. The Morgan fingerprint density at radius 2 is 1.69 bits per heavy atom. The molecule has 1 heterocycles. The van der Waals surface area contributed by atoms with Crippen molar-refractivity contribution in [1.82, 2.24) is 14.9 Å². The third-order valence-electron chi connectivity index (χ3n) is 3.71. The van der Waals surface area contributed by atoms with Crippen LogP contribution in [-0.4, -0.2) is 15.5 Å². The molecule has 0 radical (unpaired) electrons. The molecule has 0 aliphatic carbocycles. The van der Waals surface area contributed by atoms with Gasteiger partial charge >= 0.3 is 6.18 Å². The molecule has 3 aromatic rings. The van der Waals surface area contributed by atoms with Crippen LogP contribution < -0.4 is 5.32 Å². The summed E-state index contributed by atoms with van der Waals surface area (Å²) < 4.78 is 52.2. The van der Waals surface area contributed by atoms with E-state index in [-0.39, 0.29) is 12.2 Å². The number of amides is 1. The number of halogens is 4. The van der Waals surface area contributed by atoms with E-state index in [1.165, 1.54) is 53.5 Å². The van der Waals surface area contributed by atoms with E-state index in [0.717, 1.165) is 12.1 Å². The second-order valence-electron chi connectivity index (χ2n) is 5.50. The number of nitrogens with one attached hydrogen (secondary N) is 1. The maximum absolute atomic E-state index is 13.0. The number of aromatic nitrogens is 2. The summed E-state index contributed by atoms with van der Waals surface area (Å²) in [6.45, 7) is 0.0611. The van der Waals surface area contributed by atoms with Crippen LogP contribution in [0.1, 0.15) is 21.6 Å². The normalized spacial score (nSPS) is 11.4. The lowest BCUT2D eigenvalue weighted by atomic mass is 10.1. The Balaban J connectivity index is 1.70. The topological polar surface area (TPSA) is 46.9 Å². The summed E-state index contributed by atoms with van der Waals surface area (Å²) in [6.07, 6.45) is -1.63. The summed E-state index contributed by atoms with van der Waals surface area (Å²) in [5, 5.41) is 2.63. The van der Waals surface area contributed by atoms with Gasteiger partial charge in [-0.3, -0.25) is 9.36 Å². The molecule has 0 atom stereocenters. The third-order valence-corrected chi connectivity index (χ3v) is 3.71. The van der Waals surface area contributed by atoms with E-state index in [2.05, 4.69) is 10.3 Å². The average molecular weight is 363 g/mol. The highest BCUT2D eigenvalue weighted by Crippen LogP contribution is 2.29. The average Bonchev–Trinajstić information content (AvgIpc) is 3.10. The van der Waals surface area contributed by atoms with Crippen LogP contribution in [-0.2, 0) is 12.7 Å². The predicted octanol–water partition coefficient (Wildman–Crippen LogP) is 3.96. The van der Waals surface area contributed by atoms with Crippen LogP contribution in [0.3, 0.4) is 0 Å². The first-order valence-corrected chi connectivity index (χ1v) is 7.57. The van der Waals surface area contributed by atoms with Crippen molar-refractivity contribution in [2.24, 2.45) is 0 Å². The number of benzene rings is 2. The molecule has 1 aromatic heterocycles. The summed E-state index contributed by atoms with van der Waals surface area (Å²) in [4.78, 5) is 16.3. The van der Waals surface area contributed by atoms with Crippen molar-refractivity contribution in [3.63, 3.8) is 0 Å². The lowest BCUT2D eigenvalue weighted by Gasteiger charge is -2.10. The molecule has 26 heavy (non-hydrogen) atoms. The van der Waals surface area contributed by atoms with E-state index in [9.17, 15) is 22.4 Å². The van der Waals surface area contributed by atoms with Gasteiger partial charge in [0.15, 0.2) is 0 Å². The second-order valence-corrected chi connectivity index (χ2v) is 5.50. The van der Waals surface area contributed by atoms with Crippen molar-refractivity contribution in [3.8, 4) is 5.69 Å². The number of carbonyl (C=O) groups excluding carboxylic acids is 1. The van der Waals surface area contributed by atoms with E-state index in [1.807, 2.05) is 0 Å². The number of hydrogen-bond acceptors (Lipinski definition) is 2. The molecule has 0 aliphatic heterocycles. The molecule has 0 bridgehead atoms. The van der Waals surface area contributed by atoms with Crippen molar-refractivity contribution >= 4 is 5.91 Å². The smallest absolute Gasteiger partial charge is 0.347 e. The number of alkyl halides is 3. The molecular formula is C18H13F4N3O. The fourth-order valence-corrected chi connectivity index (χ4v) is 2.35. The molecular weight excluding hydrogens is 350 g/mol. The van der Waals surface area contributed by atoms with Crippen LogP contribution in [0.2, 0.25) is 0 Å². The first-order valence-electron chi connectivity index (χ1n) is 7.57. The van der Waals surface area contributed by atoms with Crippen LogP contribution in [0, 0.1) is 5.82 Å². The molecule has 3 rings (SSSR count). The lowest BCUT2D eigenvalue weighted by molar-refractivity contribution is -0.137. The standard InChI is InChI=1S/C18H13F4N3O/c19-14-5-7-15(8-6-14)25-11-23-10-16(25)17(26)24-9-12-1-3-13(4-2-12)18(20,21)22/h1-8,10-11H,9H2,(H,24,26). The van der Waals surface area contributed by atoms with Gasteiger partial charge < -0.3 is 5.32 Å². The first kappa shape index (κ1) is 17.7. The Morgan fingerprint density at radius 1 is 1.04 bits per heavy atom. The van der Waals surface area contributed by atoms with Crippen LogP contribution in [0.5, 0.6) is 0 Å². The maximum Gasteiger partial charge on any atom is 0.416 e. The second kappa shape index (κ2) is 6.99. The van der Waals surface area contributed by atoms with Crippen molar-refractivity contribution in [1.29, 1.82) is 0 Å². The highest BCUT2D eigenvalue weighted by atomic mass is 19.4. The summed E-state index contributed by atoms with van der Waals surface area (Å²) in [6, 6.07) is 10.1. The highest BCUT2D eigenvalue weighted by molar-refractivity contribution is 5.92. The predicted molar refractivity (Wildman–Crippen MR) is 86.1 cm³/mol. The zero-order valence-electron chi connectivity index (χ0n) is 13.3. The van der Waals surface area contributed by atoms with Gasteiger partial charge in [-0.05, 0) is 42.0 Å². The minimum atomic E-state index is -4.40. The largest absolute Gasteiger partial charge is 0.416 e. The molecule has 0 unspecified atom stereocenters.